The van der Waals surface area contributed by atoms with E-state index in [1.54, 1.807) is 20.0 Å². The number of nitrogens with zero attached hydrogens (tertiary/aromatic N) is 1. The van der Waals surface area contributed by atoms with Gasteiger partial charge in [0.2, 0.25) is 10.0 Å². The predicted molar refractivity (Wildman–Crippen MR) is 70.4 cm³/mol. The van der Waals surface area contributed by atoms with Gasteiger partial charge in [-0.3, -0.25) is 0 Å². The minimum atomic E-state index is -3.51. The number of aryl methyl sites for hydroxylation is 1. The number of hydrogen-bond donors (Lipinski definition) is 1. The largest absolute Gasteiger partial charge is 0.398 e. The van der Waals surface area contributed by atoms with E-state index in [1.165, 1.54) is 4.31 Å². The van der Waals surface area contributed by atoms with Gasteiger partial charge < -0.3 is 5.73 Å². The molecule has 5 heteroatoms. The fourth-order valence-corrected chi connectivity index (χ4v) is 3.33. The van der Waals surface area contributed by atoms with Crippen LogP contribution in [0.1, 0.15) is 25.0 Å². The first-order chi connectivity index (χ1) is 7.69. The zero-order valence-corrected chi connectivity index (χ0v) is 11.8. The van der Waals surface area contributed by atoms with Crippen molar-refractivity contribution < 1.29 is 8.42 Å². The lowest BCUT2D eigenvalue weighted by Gasteiger charge is -2.23. The summed E-state index contributed by atoms with van der Waals surface area (Å²) in [6.07, 6.45) is 0. The SMILES string of the molecule is Cc1ccc(N)c(S(=O)(=O)N(C)C(C)C)c1C. The van der Waals surface area contributed by atoms with Crippen LogP contribution in [0.25, 0.3) is 0 Å². The minimum absolute atomic E-state index is 0.0979. The molecule has 0 bridgehead atoms. The maximum absolute atomic E-state index is 12.4. The molecule has 1 aromatic rings. The third-order valence-electron chi connectivity index (χ3n) is 3.07. The summed E-state index contributed by atoms with van der Waals surface area (Å²) < 4.78 is 26.2. The smallest absolute Gasteiger partial charge is 0.245 e. The summed E-state index contributed by atoms with van der Waals surface area (Å²) in [6.45, 7) is 7.33. The summed E-state index contributed by atoms with van der Waals surface area (Å²) in [4.78, 5) is 0.230. The van der Waals surface area contributed by atoms with Gasteiger partial charge in [0.05, 0.1) is 5.69 Å². The van der Waals surface area contributed by atoms with Crippen LogP contribution in [0.3, 0.4) is 0 Å². The third kappa shape index (κ3) is 2.45. The van der Waals surface area contributed by atoms with E-state index in [2.05, 4.69) is 0 Å². The summed E-state index contributed by atoms with van der Waals surface area (Å²) >= 11 is 0. The number of hydrogen-bond acceptors (Lipinski definition) is 3. The maximum Gasteiger partial charge on any atom is 0.245 e. The molecule has 0 aliphatic rings. The molecular weight excluding hydrogens is 236 g/mol. The van der Waals surface area contributed by atoms with Crippen molar-refractivity contribution in [3.05, 3.63) is 23.3 Å². The second kappa shape index (κ2) is 4.66. The van der Waals surface area contributed by atoms with E-state index in [0.29, 0.717) is 5.69 Å². The Bertz CT molecular complexity index is 522. The fourth-order valence-electron chi connectivity index (χ4n) is 1.57. The lowest BCUT2D eigenvalue weighted by molar-refractivity contribution is 0.410. The van der Waals surface area contributed by atoms with Crippen LogP contribution in [0.15, 0.2) is 17.0 Å². The van der Waals surface area contributed by atoms with E-state index in [9.17, 15) is 8.42 Å². The lowest BCUT2D eigenvalue weighted by Crippen LogP contribution is -2.34. The van der Waals surface area contributed by atoms with Crippen LogP contribution in [-0.2, 0) is 10.0 Å². The van der Waals surface area contributed by atoms with E-state index in [-0.39, 0.29) is 10.9 Å². The molecule has 0 amide bonds. The first kappa shape index (κ1) is 14.0. The van der Waals surface area contributed by atoms with Crippen molar-refractivity contribution in [1.29, 1.82) is 0 Å². The Morgan fingerprint density at radius 3 is 2.24 bits per heavy atom. The normalized spacial score (nSPS) is 12.4. The average molecular weight is 256 g/mol. The minimum Gasteiger partial charge on any atom is -0.398 e. The van der Waals surface area contributed by atoms with Gasteiger partial charge in [-0.1, -0.05) is 6.07 Å². The van der Waals surface area contributed by atoms with Crippen LogP contribution in [-0.4, -0.2) is 25.8 Å². The van der Waals surface area contributed by atoms with Gasteiger partial charge >= 0.3 is 0 Å². The number of sulfonamides is 1. The quantitative estimate of drug-likeness (QED) is 0.840. The van der Waals surface area contributed by atoms with Crippen molar-refractivity contribution in [2.24, 2.45) is 0 Å². The van der Waals surface area contributed by atoms with Crippen LogP contribution in [0, 0.1) is 13.8 Å². The number of rotatable bonds is 3. The second-order valence-corrected chi connectivity index (χ2v) is 6.48. The Labute approximate surface area is 103 Å². The van der Waals surface area contributed by atoms with Gasteiger partial charge in [-0.25, -0.2) is 8.42 Å². The van der Waals surface area contributed by atoms with Crippen molar-refractivity contribution in [1.82, 2.24) is 4.31 Å². The van der Waals surface area contributed by atoms with Gasteiger partial charge in [0.1, 0.15) is 4.90 Å². The lowest BCUT2D eigenvalue weighted by atomic mass is 10.1. The summed E-state index contributed by atoms with van der Waals surface area (Å²) in [5.74, 6) is 0. The first-order valence-corrected chi connectivity index (χ1v) is 6.97. The molecule has 0 aliphatic carbocycles. The monoisotopic (exact) mass is 256 g/mol. The molecule has 1 aromatic carbocycles. The van der Waals surface area contributed by atoms with Crippen LogP contribution in [0.4, 0.5) is 5.69 Å². The van der Waals surface area contributed by atoms with Crippen LogP contribution < -0.4 is 5.73 Å². The fraction of sp³-hybridized carbons (Fsp3) is 0.500. The highest BCUT2D eigenvalue weighted by Gasteiger charge is 2.27. The van der Waals surface area contributed by atoms with Crippen molar-refractivity contribution >= 4 is 15.7 Å². The zero-order chi connectivity index (χ0) is 13.4. The van der Waals surface area contributed by atoms with Gasteiger partial charge in [-0.15, -0.1) is 0 Å². The molecule has 0 heterocycles. The molecule has 0 saturated carbocycles. The molecule has 0 radical (unpaired) electrons. The molecule has 0 saturated heterocycles. The van der Waals surface area contributed by atoms with Crippen LogP contribution in [0.2, 0.25) is 0 Å². The number of benzene rings is 1. The Hall–Kier alpha value is -1.07. The zero-order valence-electron chi connectivity index (χ0n) is 11.0. The highest BCUT2D eigenvalue weighted by Crippen LogP contribution is 2.28. The van der Waals surface area contributed by atoms with Gasteiger partial charge in [0.15, 0.2) is 0 Å². The Kier molecular flexibility index (Phi) is 3.84. The molecule has 0 spiro atoms. The summed E-state index contributed by atoms with van der Waals surface area (Å²) in [5.41, 5.74) is 7.76. The van der Waals surface area contributed by atoms with Crippen molar-refractivity contribution in [2.75, 3.05) is 12.8 Å². The van der Waals surface area contributed by atoms with E-state index in [1.807, 2.05) is 26.8 Å². The van der Waals surface area contributed by atoms with Gasteiger partial charge in [-0.2, -0.15) is 4.31 Å². The summed E-state index contributed by atoms with van der Waals surface area (Å²) in [5, 5.41) is 0. The average Bonchev–Trinajstić information content (AvgIpc) is 2.22. The predicted octanol–water partition coefficient (Wildman–Crippen LogP) is 1.91. The third-order valence-corrected chi connectivity index (χ3v) is 5.31. The Balaban J connectivity index is 3.49. The number of nitrogens with two attached hydrogens (primary N) is 1. The van der Waals surface area contributed by atoms with Crippen molar-refractivity contribution in [3.8, 4) is 0 Å². The molecule has 17 heavy (non-hydrogen) atoms. The Morgan fingerprint density at radius 2 is 1.76 bits per heavy atom. The van der Waals surface area contributed by atoms with E-state index < -0.39 is 10.0 Å². The summed E-state index contributed by atoms with van der Waals surface area (Å²) in [6, 6.07) is 3.38. The van der Waals surface area contributed by atoms with Crippen LogP contribution in [0.5, 0.6) is 0 Å². The highest BCUT2D eigenvalue weighted by atomic mass is 32.2. The maximum atomic E-state index is 12.4. The molecule has 0 aliphatic heterocycles. The molecule has 4 nitrogen and oxygen atoms in total. The Morgan fingerprint density at radius 1 is 1.24 bits per heavy atom. The number of anilines is 1. The van der Waals surface area contributed by atoms with E-state index in [0.717, 1.165) is 11.1 Å². The first-order valence-electron chi connectivity index (χ1n) is 5.53. The van der Waals surface area contributed by atoms with E-state index >= 15 is 0 Å². The standard InChI is InChI=1S/C12H20N2O2S/c1-8(2)14(5)17(15,16)12-10(4)9(3)6-7-11(12)13/h6-8H,13H2,1-5H3. The summed E-state index contributed by atoms with van der Waals surface area (Å²) in [7, 11) is -1.94. The molecular formula is C12H20N2O2S. The second-order valence-electron chi connectivity index (χ2n) is 4.54. The highest BCUT2D eigenvalue weighted by molar-refractivity contribution is 7.89. The molecule has 0 unspecified atom stereocenters. The van der Waals surface area contributed by atoms with Gasteiger partial charge in [0, 0.05) is 13.1 Å². The van der Waals surface area contributed by atoms with Crippen molar-refractivity contribution in [3.63, 3.8) is 0 Å². The molecule has 96 valence electrons. The van der Waals surface area contributed by atoms with Crippen LogP contribution >= 0.6 is 0 Å². The molecule has 0 atom stereocenters. The molecule has 0 fully saturated rings. The molecule has 1 rings (SSSR count). The molecule has 2 N–H and O–H groups in total. The van der Waals surface area contributed by atoms with Gasteiger partial charge in [-0.05, 0) is 44.9 Å². The number of nitrogen functional groups attached to an aromatic ring is 1. The van der Waals surface area contributed by atoms with E-state index in [4.69, 9.17) is 5.73 Å². The van der Waals surface area contributed by atoms with Gasteiger partial charge in [0.25, 0.3) is 0 Å². The van der Waals surface area contributed by atoms with Crippen molar-refractivity contribution in [2.45, 2.75) is 38.6 Å². The topological polar surface area (TPSA) is 63.4 Å². The molecule has 0 aromatic heterocycles.